The zero-order chi connectivity index (χ0) is 12.3. The topological polar surface area (TPSA) is 63.8 Å². The minimum atomic E-state index is 0.517. The fraction of sp³-hybridized carbons (Fsp3) is 0.692. The summed E-state index contributed by atoms with van der Waals surface area (Å²) in [5.41, 5.74) is 4.76. The van der Waals surface area contributed by atoms with Crippen LogP contribution in [0.3, 0.4) is 0 Å². The van der Waals surface area contributed by atoms with Crippen molar-refractivity contribution in [2.24, 2.45) is 5.84 Å². The van der Waals surface area contributed by atoms with E-state index in [-0.39, 0.29) is 0 Å². The Morgan fingerprint density at radius 3 is 2.29 bits per heavy atom. The second-order valence-electron chi connectivity index (χ2n) is 4.97. The van der Waals surface area contributed by atoms with Crippen LogP contribution in [-0.4, -0.2) is 9.97 Å². The lowest BCUT2D eigenvalue weighted by Gasteiger charge is -2.16. The molecule has 0 saturated heterocycles. The summed E-state index contributed by atoms with van der Waals surface area (Å²) in [7, 11) is 0. The van der Waals surface area contributed by atoms with Gasteiger partial charge in [-0.1, -0.05) is 25.7 Å². The molecule has 17 heavy (non-hydrogen) atoms. The number of hydrogen-bond acceptors (Lipinski definition) is 4. The van der Waals surface area contributed by atoms with E-state index in [1.807, 2.05) is 13.8 Å². The van der Waals surface area contributed by atoms with Crippen molar-refractivity contribution >= 4 is 5.82 Å². The lowest BCUT2D eigenvalue weighted by Crippen LogP contribution is -2.15. The van der Waals surface area contributed by atoms with Gasteiger partial charge in [0.2, 0.25) is 0 Å². The summed E-state index contributed by atoms with van der Waals surface area (Å²) in [6, 6.07) is 0. The van der Waals surface area contributed by atoms with Crippen LogP contribution in [0.25, 0.3) is 0 Å². The van der Waals surface area contributed by atoms with E-state index in [1.54, 1.807) is 0 Å². The Labute approximate surface area is 103 Å². The number of nitrogens with one attached hydrogen (secondary N) is 1. The summed E-state index contributed by atoms with van der Waals surface area (Å²) in [4.78, 5) is 9.21. The van der Waals surface area contributed by atoms with Crippen molar-refractivity contribution in [3.63, 3.8) is 0 Å². The molecule has 1 fully saturated rings. The molecular formula is C13H22N4. The van der Waals surface area contributed by atoms with E-state index in [0.717, 1.165) is 22.9 Å². The van der Waals surface area contributed by atoms with Crippen LogP contribution in [0.15, 0.2) is 0 Å². The van der Waals surface area contributed by atoms with Gasteiger partial charge in [-0.2, -0.15) is 0 Å². The summed E-state index contributed by atoms with van der Waals surface area (Å²) < 4.78 is 0. The fourth-order valence-electron chi connectivity index (χ4n) is 2.51. The van der Waals surface area contributed by atoms with Crippen LogP contribution in [0.4, 0.5) is 5.82 Å². The van der Waals surface area contributed by atoms with Gasteiger partial charge in [-0.05, 0) is 26.7 Å². The molecule has 0 atom stereocenters. The molecular weight excluding hydrogens is 212 g/mol. The van der Waals surface area contributed by atoms with Gasteiger partial charge < -0.3 is 5.43 Å². The third-order valence-electron chi connectivity index (χ3n) is 3.76. The number of anilines is 1. The molecule has 2 rings (SSSR count). The Hall–Kier alpha value is -1.16. The lowest BCUT2D eigenvalue weighted by molar-refractivity contribution is 0.558. The molecule has 0 spiro atoms. The highest BCUT2D eigenvalue weighted by Crippen LogP contribution is 2.30. The van der Waals surface area contributed by atoms with E-state index in [1.165, 1.54) is 38.5 Å². The third kappa shape index (κ3) is 2.75. The van der Waals surface area contributed by atoms with Gasteiger partial charge >= 0.3 is 0 Å². The molecule has 0 aromatic carbocycles. The fourth-order valence-corrected chi connectivity index (χ4v) is 2.51. The van der Waals surface area contributed by atoms with Crippen molar-refractivity contribution in [2.45, 2.75) is 58.3 Å². The number of hydrazine groups is 1. The normalized spacial score (nSPS) is 17.8. The minimum absolute atomic E-state index is 0.517. The Kier molecular flexibility index (Phi) is 3.94. The van der Waals surface area contributed by atoms with Crippen molar-refractivity contribution in [2.75, 3.05) is 5.43 Å². The summed E-state index contributed by atoms with van der Waals surface area (Å²) in [6.45, 7) is 4.03. The monoisotopic (exact) mass is 234 g/mol. The molecule has 0 aliphatic heterocycles. The Bertz CT molecular complexity index is 381. The molecule has 1 aliphatic rings. The van der Waals surface area contributed by atoms with Crippen LogP contribution in [0.1, 0.15) is 61.5 Å². The first-order valence-corrected chi connectivity index (χ1v) is 6.54. The van der Waals surface area contributed by atoms with Crippen molar-refractivity contribution in [1.29, 1.82) is 0 Å². The highest BCUT2D eigenvalue weighted by atomic mass is 15.3. The van der Waals surface area contributed by atoms with Gasteiger partial charge in [0.25, 0.3) is 0 Å². The molecule has 1 aliphatic carbocycles. The first-order chi connectivity index (χ1) is 8.22. The van der Waals surface area contributed by atoms with E-state index in [9.17, 15) is 0 Å². The summed E-state index contributed by atoms with van der Waals surface area (Å²) in [6.07, 6.45) is 7.73. The van der Waals surface area contributed by atoms with E-state index in [0.29, 0.717) is 5.92 Å². The van der Waals surface area contributed by atoms with E-state index >= 15 is 0 Å². The molecule has 1 aromatic rings. The Morgan fingerprint density at radius 1 is 1.06 bits per heavy atom. The predicted octanol–water partition coefficient (Wildman–Crippen LogP) is 2.82. The highest BCUT2D eigenvalue weighted by molar-refractivity contribution is 5.44. The van der Waals surface area contributed by atoms with Gasteiger partial charge in [0.1, 0.15) is 11.6 Å². The molecule has 0 amide bonds. The molecule has 0 bridgehead atoms. The van der Waals surface area contributed by atoms with Gasteiger partial charge in [0, 0.05) is 17.2 Å². The van der Waals surface area contributed by atoms with Gasteiger partial charge in [-0.3, -0.25) is 0 Å². The molecule has 0 unspecified atom stereocenters. The second kappa shape index (κ2) is 5.45. The van der Waals surface area contributed by atoms with E-state index < -0.39 is 0 Å². The van der Waals surface area contributed by atoms with Gasteiger partial charge in [0.15, 0.2) is 0 Å². The highest BCUT2D eigenvalue weighted by Gasteiger charge is 2.18. The van der Waals surface area contributed by atoms with Crippen molar-refractivity contribution in [3.05, 3.63) is 17.1 Å². The molecule has 1 saturated carbocycles. The molecule has 94 valence electrons. The number of nitrogen functional groups attached to an aromatic ring is 1. The van der Waals surface area contributed by atoms with Crippen molar-refractivity contribution in [3.8, 4) is 0 Å². The number of aryl methyl sites for hydroxylation is 1. The van der Waals surface area contributed by atoms with E-state index in [4.69, 9.17) is 5.84 Å². The number of hydrogen-bond donors (Lipinski definition) is 2. The average Bonchev–Trinajstić information content (AvgIpc) is 2.61. The maximum atomic E-state index is 5.51. The molecule has 3 N–H and O–H groups in total. The Morgan fingerprint density at radius 2 is 1.71 bits per heavy atom. The Balaban J connectivity index is 2.27. The lowest BCUT2D eigenvalue weighted by atomic mass is 9.99. The van der Waals surface area contributed by atoms with Crippen LogP contribution in [-0.2, 0) is 0 Å². The van der Waals surface area contributed by atoms with Crippen LogP contribution in [0, 0.1) is 13.8 Å². The quantitative estimate of drug-likeness (QED) is 0.469. The second-order valence-corrected chi connectivity index (χ2v) is 4.97. The largest absolute Gasteiger partial charge is 0.308 e. The minimum Gasteiger partial charge on any atom is -0.308 e. The molecule has 4 nitrogen and oxygen atoms in total. The van der Waals surface area contributed by atoms with Crippen molar-refractivity contribution in [1.82, 2.24) is 9.97 Å². The van der Waals surface area contributed by atoms with Crippen LogP contribution < -0.4 is 11.3 Å². The summed E-state index contributed by atoms with van der Waals surface area (Å²) >= 11 is 0. The van der Waals surface area contributed by atoms with E-state index in [2.05, 4.69) is 15.4 Å². The molecule has 1 aromatic heterocycles. The van der Waals surface area contributed by atoms with Crippen LogP contribution >= 0.6 is 0 Å². The number of aromatic nitrogens is 2. The zero-order valence-electron chi connectivity index (χ0n) is 10.8. The summed E-state index contributed by atoms with van der Waals surface area (Å²) in [5, 5.41) is 0. The maximum absolute atomic E-state index is 5.51. The average molecular weight is 234 g/mol. The number of rotatable bonds is 2. The molecule has 0 radical (unpaired) electrons. The SMILES string of the molecule is Cc1nc(C2CCCCCC2)nc(NN)c1C. The number of nitrogens with zero attached hydrogens (tertiary/aromatic N) is 2. The first kappa shape index (κ1) is 12.3. The van der Waals surface area contributed by atoms with Crippen LogP contribution in [0.2, 0.25) is 0 Å². The standard InChI is InChI=1S/C13H22N4/c1-9-10(2)15-13(16-12(9)17-14)11-7-5-3-4-6-8-11/h11H,3-8,14H2,1-2H3,(H,15,16,17). The third-order valence-corrected chi connectivity index (χ3v) is 3.76. The predicted molar refractivity (Wildman–Crippen MR) is 69.8 cm³/mol. The summed E-state index contributed by atoms with van der Waals surface area (Å²) in [5.74, 6) is 7.78. The molecule has 1 heterocycles. The number of nitrogens with two attached hydrogens (primary N) is 1. The van der Waals surface area contributed by atoms with Crippen molar-refractivity contribution < 1.29 is 0 Å². The van der Waals surface area contributed by atoms with Gasteiger partial charge in [0.05, 0.1) is 0 Å². The maximum Gasteiger partial charge on any atom is 0.146 e. The first-order valence-electron chi connectivity index (χ1n) is 6.54. The van der Waals surface area contributed by atoms with Gasteiger partial charge in [-0.15, -0.1) is 0 Å². The van der Waals surface area contributed by atoms with Gasteiger partial charge in [-0.25, -0.2) is 15.8 Å². The van der Waals surface area contributed by atoms with Crippen LogP contribution in [0.5, 0.6) is 0 Å². The zero-order valence-corrected chi connectivity index (χ0v) is 10.8. The smallest absolute Gasteiger partial charge is 0.146 e. The molecule has 4 heteroatoms.